The first kappa shape index (κ1) is 15.6. The third kappa shape index (κ3) is 4.63. The highest BCUT2D eigenvalue weighted by Gasteiger charge is 2.38. The molecule has 0 unspecified atom stereocenters. The average Bonchev–Trinajstić information content (AvgIpc) is 2.89. The second kappa shape index (κ2) is 8.64. The summed E-state index contributed by atoms with van der Waals surface area (Å²) in [5.74, 6) is 2.31. The highest BCUT2D eigenvalue weighted by atomic mass is 35.5. The first-order valence-corrected chi connectivity index (χ1v) is 8.48. The van der Waals surface area contributed by atoms with Crippen LogP contribution in [-0.2, 0) is 0 Å². The summed E-state index contributed by atoms with van der Waals surface area (Å²) >= 11 is 12.5. The lowest BCUT2D eigenvalue weighted by molar-refractivity contribution is 0.201. The third-order valence-electron chi connectivity index (χ3n) is 4.53. The molecule has 0 N–H and O–H groups in total. The van der Waals surface area contributed by atoms with Crippen molar-refractivity contribution >= 4 is 23.2 Å². The Morgan fingerprint density at radius 2 is 1.53 bits per heavy atom. The van der Waals surface area contributed by atoms with E-state index < -0.39 is 0 Å². The first-order valence-electron chi connectivity index (χ1n) is 7.41. The van der Waals surface area contributed by atoms with Gasteiger partial charge < -0.3 is 0 Å². The average molecular weight is 279 g/mol. The van der Waals surface area contributed by atoms with Crippen LogP contribution >= 0.6 is 23.2 Å². The van der Waals surface area contributed by atoms with E-state index in [1.165, 1.54) is 64.2 Å². The Kier molecular flexibility index (Phi) is 7.95. The lowest BCUT2D eigenvalue weighted by atomic mass is 9.73. The van der Waals surface area contributed by atoms with Crippen LogP contribution in [0.25, 0.3) is 0 Å². The second-order valence-corrected chi connectivity index (χ2v) is 6.31. The van der Waals surface area contributed by atoms with Crippen molar-refractivity contribution in [3.05, 3.63) is 0 Å². The Bertz CT molecular complexity index is 181. The number of hydrogen-bond acceptors (Lipinski definition) is 0. The minimum absolute atomic E-state index is 0.242. The third-order valence-corrected chi connectivity index (χ3v) is 5.60. The van der Waals surface area contributed by atoms with Gasteiger partial charge in [0.15, 0.2) is 0 Å². The Hall–Kier alpha value is 0.580. The molecule has 1 rings (SSSR count). The highest BCUT2D eigenvalue weighted by molar-refractivity contribution is 6.21. The summed E-state index contributed by atoms with van der Waals surface area (Å²) in [6.45, 7) is 2.26. The Morgan fingerprint density at radius 3 is 2.06 bits per heavy atom. The molecule has 0 aromatic heterocycles. The molecule has 102 valence electrons. The van der Waals surface area contributed by atoms with E-state index in [0.29, 0.717) is 0 Å². The maximum Gasteiger partial charge on any atom is 0.0294 e. The SMILES string of the molecule is CCCCCCCC(CCl)(CCl)C1CCCC1. The summed E-state index contributed by atoms with van der Waals surface area (Å²) < 4.78 is 0. The van der Waals surface area contributed by atoms with Crippen molar-refractivity contribution < 1.29 is 0 Å². The summed E-state index contributed by atoms with van der Waals surface area (Å²) in [5, 5.41) is 0. The van der Waals surface area contributed by atoms with Gasteiger partial charge in [0.2, 0.25) is 0 Å². The normalized spacial score (nSPS) is 17.8. The van der Waals surface area contributed by atoms with Crippen molar-refractivity contribution in [2.45, 2.75) is 71.1 Å². The Balaban J connectivity index is 2.35. The van der Waals surface area contributed by atoms with Crippen molar-refractivity contribution in [1.29, 1.82) is 0 Å². The van der Waals surface area contributed by atoms with Crippen LogP contribution in [0.15, 0.2) is 0 Å². The summed E-state index contributed by atoms with van der Waals surface area (Å²) in [5.41, 5.74) is 0.242. The molecule has 0 amide bonds. The Morgan fingerprint density at radius 1 is 0.941 bits per heavy atom. The standard InChI is InChI=1S/C15H28Cl2/c1-2-3-4-5-8-11-15(12-16,13-17)14-9-6-7-10-14/h14H,2-13H2,1H3. The fraction of sp³-hybridized carbons (Fsp3) is 1.00. The van der Waals surface area contributed by atoms with Gasteiger partial charge >= 0.3 is 0 Å². The van der Waals surface area contributed by atoms with Crippen LogP contribution in [0.2, 0.25) is 0 Å². The quantitative estimate of drug-likeness (QED) is 0.358. The molecular weight excluding hydrogens is 251 g/mol. The monoisotopic (exact) mass is 278 g/mol. The molecule has 0 aromatic carbocycles. The topological polar surface area (TPSA) is 0 Å². The maximum absolute atomic E-state index is 6.26. The molecule has 1 aliphatic carbocycles. The molecule has 0 saturated heterocycles. The van der Waals surface area contributed by atoms with Gasteiger partial charge in [-0.1, -0.05) is 51.9 Å². The molecule has 0 aliphatic heterocycles. The van der Waals surface area contributed by atoms with Crippen LogP contribution in [-0.4, -0.2) is 11.8 Å². The van der Waals surface area contributed by atoms with E-state index in [9.17, 15) is 0 Å². The lowest BCUT2D eigenvalue weighted by Crippen LogP contribution is -2.33. The smallest absolute Gasteiger partial charge is 0.0294 e. The van der Waals surface area contributed by atoms with Crippen molar-refractivity contribution in [3.63, 3.8) is 0 Å². The molecule has 0 heterocycles. The van der Waals surface area contributed by atoms with Crippen molar-refractivity contribution in [1.82, 2.24) is 0 Å². The molecule has 17 heavy (non-hydrogen) atoms. The van der Waals surface area contributed by atoms with Crippen LogP contribution in [0.1, 0.15) is 71.1 Å². The van der Waals surface area contributed by atoms with E-state index in [0.717, 1.165) is 17.7 Å². The fourth-order valence-corrected chi connectivity index (χ4v) is 4.20. The second-order valence-electron chi connectivity index (χ2n) is 5.78. The van der Waals surface area contributed by atoms with Gasteiger partial charge in [0, 0.05) is 17.2 Å². The van der Waals surface area contributed by atoms with Crippen LogP contribution in [0, 0.1) is 11.3 Å². The van der Waals surface area contributed by atoms with Crippen molar-refractivity contribution in [2.75, 3.05) is 11.8 Å². The molecule has 0 spiro atoms. The van der Waals surface area contributed by atoms with Gasteiger partial charge in [-0.2, -0.15) is 0 Å². The highest BCUT2D eigenvalue weighted by Crippen LogP contribution is 2.45. The Labute approximate surface area is 117 Å². The minimum Gasteiger partial charge on any atom is -0.126 e. The van der Waals surface area contributed by atoms with Crippen LogP contribution in [0.3, 0.4) is 0 Å². The summed E-state index contributed by atoms with van der Waals surface area (Å²) in [6.07, 6.45) is 13.5. The maximum atomic E-state index is 6.26. The molecule has 1 aliphatic rings. The van der Waals surface area contributed by atoms with Gasteiger partial charge in [0.1, 0.15) is 0 Å². The zero-order chi connectivity index (χ0) is 12.6. The fourth-order valence-electron chi connectivity index (χ4n) is 3.21. The molecule has 0 atom stereocenters. The van der Waals surface area contributed by atoms with E-state index in [1.54, 1.807) is 0 Å². The van der Waals surface area contributed by atoms with Gasteiger partial charge in [-0.15, -0.1) is 23.2 Å². The van der Waals surface area contributed by atoms with E-state index >= 15 is 0 Å². The van der Waals surface area contributed by atoms with Crippen LogP contribution < -0.4 is 0 Å². The summed E-state index contributed by atoms with van der Waals surface area (Å²) in [6, 6.07) is 0. The van der Waals surface area contributed by atoms with Gasteiger partial charge in [-0.25, -0.2) is 0 Å². The molecule has 1 saturated carbocycles. The minimum atomic E-state index is 0.242. The lowest BCUT2D eigenvalue weighted by Gasteiger charge is -2.36. The molecule has 1 fully saturated rings. The van der Waals surface area contributed by atoms with E-state index in [2.05, 4.69) is 6.92 Å². The molecule has 2 heteroatoms. The van der Waals surface area contributed by atoms with Gasteiger partial charge in [-0.05, 0) is 25.2 Å². The van der Waals surface area contributed by atoms with Crippen LogP contribution in [0.4, 0.5) is 0 Å². The van der Waals surface area contributed by atoms with Gasteiger partial charge in [0.05, 0.1) is 0 Å². The zero-order valence-electron chi connectivity index (χ0n) is 11.3. The number of hydrogen-bond donors (Lipinski definition) is 0. The summed E-state index contributed by atoms with van der Waals surface area (Å²) in [4.78, 5) is 0. The van der Waals surface area contributed by atoms with E-state index in [4.69, 9.17) is 23.2 Å². The van der Waals surface area contributed by atoms with Crippen molar-refractivity contribution in [3.8, 4) is 0 Å². The largest absolute Gasteiger partial charge is 0.126 e. The molecule has 0 aromatic rings. The molecular formula is C15H28Cl2. The molecule has 0 bridgehead atoms. The number of unbranched alkanes of at least 4 members (excludes halogenated alkanes) is 4. The summed E-state index contributed by atoms with van der Waals surface area (Å²) in [7, 11) is 0. The number of alkyl halides is 2. The van der Waals surface area contributed by atoms with Crippen molar-refractivity contribution in [2.24, 2.45) is 11.3 Å². The predicted molar refractivity (Wildman–Crippen MR) is 79.2 cm³/mol. The number of rotatable bonds is 9. The van der Waals surface area contributed by atoms with E-state index in [1.807, 2.05) is 0 Å². The van der Waals surface area contributed by atoms with E-state index in [-0.39, 0.29) is 5.41 Å². The van der Waals surface area contributed by atoms with Crippen LogP contribution in [0.5, 0.6) is 0 Å². The van der Waals surface area contributed by atoms with Gasteiger partial charge in [-0.3, -0.25) is 0 Å². The predicted octanol–water partition coefficient (Wildman–Crippen LogP) is 6.00. The molecule has 0 radical (unpaired) electrons. The van der Waals surface area contributed by atoms with Gasteiger partial charge in [0.25, 0.3) is 0 Å². The zero-order valence-corrected chi connectivity index (χ0v) is 12.8. The molecule has 0 nitrogen and oxygen atoms in total. The number of halogens is 2. The first-order chi connectivity index (χ1) is 8.29.